The maximum Gasteiger partial charge on any atom is 0.426 e. The Morgan fingerprint density at radius 3 is 2.26 bits per heavy atom. The van der Waals surface area contributed by atoms with Gasteiger partial charge in [-0.25, -0.2) is 15.2 Å². The third-order valence-electron chi connectivity index (χ3n) is 12.3. The fourth-order valence-corrected chi connectivity index (χ4v) is 8.99. The number of phenols is 1. The van der Waals surface area contributed by atoms with E-state index in [0.717, 1.165) is 50.6 Å². The van der Waals surface area contributed by atoms with Crippen LogP contribution in [0.4, 0.5) is 4.79 Å². The number of thiazole rings is 1. The number of rotatable bonds is 31. The number of benzene rings is 1. The highest BCUT2D eigenvalue weighted by Gasteiger charge is 2.38. The predicted molar refractivity (Wildman–Crippen MR) is 263 cm³/mol. The molecule has 0 radical (unpaired) electrons. The third-order valence-corrected chi connectivity index (χ3v) is 13.2. The molecule has 0 saturated carbocycles. The summed E-state index contributed by atoms with van der Waals surface area (Å²) in [7, 11) is 1.97. The first kappa shape index (κ1) is 57.9. The van der Waals surface area contributed by atoms with E-state index in [9.17, 15) is 29.1 Å². The van der Waals surface area contributed by atoms with Crippen LogP contribution < -0.4 is 27.2 Å². The van der Waals surface area contributed by atoms with E-state index in [0.29, 0.717) is 63.8 Å². The minimum absolute atomic E-state index is 0.0308. The first-order valence-electron chi connectivity index (χ1n) is 24.7. The summed E-state index contributed by atoms with van der Waals surface area (Å²) in [6.45, 7) is 17.5. The van der Waals surface area contributed by atoms with Gasteiger partial charge in [0.15, 0.2) is 0 Å². The van der Waals surface area contributed by atoms with E-state index in [1.165, 1.54) is 11.3 Å². The quantitative estimate of drug-likeness (QED) is 0.0406. The molecule has 1 fully saturated rings. The number of carbonyl (C=O) groups excluding carboxylic acids is 5. The largest absolute Gasteiger partial charge is 0.508 e. The average molecular weight is 975 g/mol. The molecule has 7 atom stereocenters. The van der Waals surface area contributed by atoms with Crippen molar-refractivity contribution >= 4 is 41.1 Å². The van der Waals surface area contributed by atoms with Crippen LogP contribution in [0, 0.1) is 17.8 Å². The highest BCUT2D eigenvalue weighted by Crippen LogP contribution is 2.32. The first-order chi connectivity index (χ1) is 32.6. The lowest BCUT2D eigenvalue weighted by atomic mass is 9.92. The molecule has 68 heavy (non-hydrogen) atoms. The van der Waals surface area contributed by atoms with E-state index in [1.807, 2.05) is 39.6 Å². The number of aryl methyl sites for hydroxylation is 1. The number of likely N-dealkylation sites (N-methyl/N-ethyl adjacent to an activating group) is 1. The summed E-state index contributed by atoms with van der Waals surface area (Å²) in [4.78, 5) is 76.7. The summed E-state index contributed by atoms with van der Waals surface area (Å²) >= 11 is 1.32. The molecule has 0 bridgehead atoms. The molecule has 7 N–H and O–H groups in total. The fraction of sp³-hybridized carbons (Fsp3) is 0.714. The number of amides is 5. The molecule has 384 valence electrons. The number of carbonyl (C=O) groups is 5. The van der Waals surface area contributed by atoms with Gasteiger partial charge in [0.25, 0.3) is 5.91 Å². The zero-order valence-electron chi connectivity index (χ0n) is 41.9. The van der Waals surface area contributed by atoms with Crippen LogP contribution in [0.2, 0.25) is 0 Å². The van der Waals surface area contributed by atoms with Gasteiger partial charge in [0.2, 0.25) is 17.7 Å². The molecule has 5 amide bonds. The molecule has 1 aliphatic rings. The Kier molecular flexibility index (Phi) is 27.0. The molecule has 0 spiro atoms. The second kappa shape index (κ2) is 31.7. The number of phenolic OH excluding ortho intramolecular Hbond substituents is 1. The van der Waals surface area contributed by atoms with Gasteiger partial charge < -0.3 is 45.3 Å². The lowest BCUT2D eigenvalue weighted by Gasteiger charge is -2.40. The van der Waals surface area contributed by atoms with Crippen molar-refractivity contribution in [3.63, 3.8) is 0 Å². The Morgan fingerprint density at radius 1 is 0.912 bits per heavy atom. The topological polar surface area (TPSA) is 236 Å². The highest BCUT2D eigenvalue weighted by atomic mass is 32.1. The second-order valence-electron chi connectivity index (χ2n) is 18.1. The normalized spacial score (nSPS) is 16.8. The Morgan fingerprint density at radius 2 is 1.62 bits per heavy atom. The SMILES string of the molecule is CCCO[C@H](C[C@H](C(C)C)N(CCC)C(=O)[C@@H](NC(=O)[C@H]1CCCCN1C)[C@@H](C)CC)c1nc(C(=O)N[C@@H](CCc2ccc(O)cc2)C[C@H](C)C(=O)NNC(=O)OCCOCCOCCN)cs1. The number of piperidine rings is 1. The molecule has 1 aliphatic heterocycles. The minimum Gasteiger partial charge on any atom is -0.508 e. The number of nitrogens with two attached hydrogens (primary N) is 1. The maximum atomic E-state index is 14.8. The van der Waals surface area contributed by atoms with E-state index >= 15 is 0 Å². The molecule has 1 aromatic carbocycles. The Labute approximate surface area is 408 Å². The Balaban J connectivity index is 1.76. The number of hydrazine groups is 1. The van der Waals surface area contributed by atoms with Crippen molar-refractivity contribution in [2.75, 3.05) is 66.3 Å². The van der Waals surface area contributed by atoms with Crippen LogP contribution in [0.5, 0.6) is 5.75 Å². The number of hydrogen-bond acceptors (Lipinski definition) is 14. The molecule has 1 aromatic heterocycles. The van der Waals surface area contributed by atoms with Crippen molar-refractivity contribution in [3.05, 3.63) is 45.9 Å². The van der Waals surface area contributed by atoms with E-state index in [4.69, 9.17) is 29.7 Å². The zero-order chi connectivity index (χ0) is 50.0. The lowest BCUT2D eigenvalue weighted by molar-refractivity contribution is -0.143. The van der Waals surface area contributed by atoms with Gasteiger partial charge in [-0.15, -0.1) is 11.3 Å². The summed E-state index contributed by atoms with van der Waals surface area (Å²) in [5.74, 6) is -1.65. The number of aromatic nitrogens is 1. The van der Waals surface area contributed by atoms with Crippen LogP contribution in [0.3, 0.4) is 0 Å². The number of hydrogen-bond donors (Lipinski definition) is 6. The van der Waals surface area contributed by atoms with Crippen LogP contribution in [-0.4, -0.2) is 140 Å². The smallest absolute Gasteiger partial charge is 0.426 e. The van der Waals surface area contributed by atoms with Crippen molar-refractivity contribution in [3.8, 4) is 5.75 Å². The van der Waals surface area contributed by atoms with Crippen LogP contribution in [0.1, 0.15) is 133 Å². The van der Waals surface area contributed by atoms with Gasteiger partial charge in [0, 0.05) is 49.5 Å². The van der Waals surface area contributed by atoms with Gasteiger partial charge in [0.05, 0.1) is 32.5 Å². The summed E-state index contributed by atoms with van der Waals surface area (Å²) in [5, 5.41) is 18.4. The molecule has 0 unspecified atom stereocenters. The van der Waals surface area contributed by atoms with Crippen LogP contribution in [0.25, 0.3) is 0 Å². The number of aromatic hydroxyl groups is 1. The molecule has 0 aliphatic carbocycles. The predicted octanol–water partition coefficient (Wildman–Crippen LogP) is 5.49. The molecule has 2 heterocycles. The van der Waals surface area contributed by atoms with E-state index in [-0.39, 0.29) is 66.8 Å². The second-order valence-corrected chi connectivity index (χ2v) is 19.0. The van der Waals surface area contributed by atoms with Gasteiger partial charge in [0.1, 0.15) is 35.2 Å². The summed E-state index contributed by atoms with van der Waals surface area (Å²) < 4.78 is 22.1. The van der Waals surface area contributed by atoms with Crippen molar-refractivity contribution in [1.29, 1.82) is 0 Å². The Hall–Kier alpha value is -4.40. The van der Waals surface area contributed by atoms with Crippen LogP contribution in [-0.2, 0) is 39.8 Å². The Bertz CT molecular complexity index is 1800. The van der Waals surface area contributed by atoms with Crippen molar-refractivity contribution < 1.29 is 48.0 Å². The van der Waals surface area contributed by atoms with Gasteiger partial charge in [-0.2, -0.15) is 0 Å². The first-order valence-corrected chi connectivity index (χ1v) is 25.6. The molecule has 2 aromatic rings. The molecule has 1 saturated heterocycles. The maximum absolute atomic E-state index is 14.8. The van der Waals surface area contributed by atoms with E-state index in [1.54, 1.807) is 36.6 Å². The minimum atomic E-state index is -0.850. The lowest BCUT2D eigenvalue weighted by Crippen LogP contribution is -2.58. The molecule has 3 rings (SSSR count). The van der Waals surface area contributed by atoms with Crippen molar-refractivity contribution in [1.82, 2.24) is 36.3 Å². The molecular formula is C49H82N8O10S. The molecule has 19 heteroatoms. The van der Waals surface area contributed by atoms with E-state index < -0.39 is 42.0 Å². The van der Waals surface area contributed by atoms with Gasteiger partial charge >= 0.3 is 6.09 Å². The van der Waals surface area contributed by atoms with Gasteiger partial charge in [-0.3, -0.25) is 29.5 Å². The van der Waals surface area contributed by atoms with Crippen LogP contribution in [0.15, 0.2) is 29.6 Å². The average Bonchev–Trinajstić information content (AvgIpc) is 3.82. The number of likely N-dealkylation sites (tertiary alicyclic amines) is 1. The molecule has 18 nitrogen and oxygen atoms in total. The monoisotopic (exact) mass is 975 g/mol. The zero-order valence-corrected chi connectivity index (χ0v) is 42.7. The van der Waals surface area contributed by atoms with Gasteiger partial charge in [-0.1, -0.05) is 73.4 Å². The number of ether oxygens (including phenoxy) is 4. The van der Waals surface area contributed by atoms with Crippen LogP contribution >= 0.6 is 11.3 Å². The number of nitrogens with one attached hydrogen (secondary N) is 4. The summed E-state index contributed by atoms with van der Waals surface area (Å²) in [6.07, 6.45) is 5.31. The molecular weight excluding hydrogens is 893 g/mol. The van der Waals surface area contributed by atoms with E-state index in [2.05, 4.69) is 40.2 Å². The standard InChI is InChI=1S/C49H82N8O10S/c1-9-22-57(48(62)43(34(6)11-3)53-46(61)40-14-12-13-23-56(40)8)41(33(4)5)31-42(66-24-10-2)47-52-39(32-68-47)45(60)51-37(18-15-36-16-19-38(58)20-17-36)30-35(7)44(59)54-55-49(63)67-29-28-65-27-26-64-25-21-50/h16-17,19-20,32-35,37,40-43,58H,9-15,18,21-31,50H2,1-8H3,(H,51,60)(H,53,61)(H,54,59)(H,55,63)/t34-,35-,37-,40+,41+,42+,43-/m0/s1. The van der Waals surface area contributed by atoms with Crippen molar-refractivity contribution in [2.45, 2.75) is 143 Å². The third kappa shape index (κ3) is 19.9. The number of nitrogens with zero attached hydrogens (tertiary/aromatic N) is 3. The fourth-order valence-electron chi connectivity index (χ4n) is 8.13. The highest BCUT2D eigenvalue weighted by molar-refractivity contribution is 7.09. The summed E-state index contributed by atoms with van der Waals surface area (Å²) in [5.41, 5.74) is 11.2. The summed E-state index contributed by atoms with van der Waals surface area (Å²) in [6, 6.07) is 5.12. The van der Waals surface area contributed by atoms with Crippen molar-refractivity contribution in [2.24, 2.45) is 23.5 Å². The van der Waals surface area contributed by atoms with Gasteiger partial charge in [-0.05, 0) is 88.1 Å².